The fourth-order valence-electron chi connectivity index (χ4n) is 3.98. The number of fused-ring (bicyclic) bond motifs is 2. The fourth-order valence-corrected chi connectivity index (χ4v) is 4.61. The third kappa shape index (κ3) is 4.16. The first-order chi connectivity index (χ1) is 16.6. The summed E-state index contributed by atoms with van der Waals surface area (Å²) in [5.74, 6) is -1.58. The van der Waals surface area contributed by atoms with E-state index in [1.807, 2.05) is 0 Å². The molecule has 0 unspecified atom stereocenters. The van der Waals surface area contributed by atoms with E-state index in [1.165, 1.54) is 30.0 Å². The number of imidazole rings is 1. The van der Waals surface area contributed by atoms with Gasteiger partial charge < -0.3 is 14.1 Å². The van der Waals surface area contributed by atoms with Crippen LogP contribution in [0, 0.1) is 11.6 Å². The molecular weight excluding hydrogens is 478 g/mol. The number of aromatic nitrogens is 5. The van der Waals surface area contributed by atoms with Crippen LogP contribution >= 0.6 is 0 Å². The molecule has 180 valence electrons. The Kier molecular flexibility index (Phi) is 5.39. The Morgan fingerprint density at radius 1 is 1.14 bits per heavy atom. The van der Waals surface area contributed by atoms with Crippen LogP contribution in [0.4, 0.5) is 14.5 Å². The fraction of sp³-hybridized carbons (Fsp3) is 0.174. The monoisotopic (exact) mass is 498 g/mol. The van der Waals surface area contributed by atoms with Gasteiger partial charge in [-0.2, -0.15) is 0 Å². The molecule has 12 heteroatoms. The smallest absolute Gasteiger partial charge is 0.274 e. The highest BCUT2D eigenvalue weighted by molar-refractivity contribution is 7.92. The molecule has 0 fully saturated rings. The van der Waals surface area contributed by atoms with Gasteiger partial charge in [0, 0.05) is 36.5 Å². The molecule has 0 aliphatic rings. The normalized spacial score (nSPS) is 12.0. The predicted octanol–water partition coefficient (Wildman–Crippen LogP) is 3.37. The number of benzene rings is 1. The highest BCUT2D eigenvalue weighted by Gasteiger charge is 2.19. The van der Waals surface area contributed by atoms with Crippen LogP contribution in [0.5, 0.6) is 0 Å². The second-order valence-corrected chi connectivity index (χ2v) is 10.1. The summed E-state index contributed by atoms with van der Waals surface area (Å²) in [6.07, 6.45) is 4.69. The summed E-state index contributed by atoms with van der Waals surface area (Å²) in [6.45, 7) is 1.56. The van der Waals surface area contributed by atoms with Crippen molar-refractivity contribution in [2.24, 2.45) is 7.05 Å². The van der Waals surface area contributed by atoms with Crippen molar-refractivity contribution in [3.8, 4) is 11.3 Å². The lowest BCUT2D eigenvalue weighted by Crippen LogP contribution is -2.17. The lowest BCUT2D eigenvalue weighted by atomic mass is 10.1. The number of hydrogen-bond acceptors (Lipinski definition) is 5. The maximum absolute atomic E-state index is 13.7. The molecule has 2 N–H and O–H groups in total. The second-order valence-electron chi connectivity index (χ2n) is 8.11. The number of anilines is 1. The van der Waals surface area contributed by atoms with Crippen LogP contribution in [0.15, 0.2) is 53.8 Å². The van der Waals surface area contributed by atoms with Gasteiger partial charge in [-0.05, 0) is 36.8 Å². The predicted molar refractivity (Wildman–Crippen MR) is 129 cm³/mol. The largest absolute Gasteiger partial charge is 0.357 e. The highest BCUT2D eigenvalue weighted by Crippen LogP contribution is 2.31. The van der Waals surface area contributed by atoms with E-state index in [2.05, 4.69) is 14.7 Å². The number of pyridine rings is 2. The summed E-state index contributed by atoms with van der Waals surface area (Å²) in [7, 11) is -2.05. The Morgan fingerprint density at radius 3 is 2.60 bits per heavy atom. The molecule has 4 aromatic heterocycles. The molecule has 35 heavy (non-hydrogen) atoms. The van der Waals surface area contributed by atoms with Gasteiger partial charge in [0.1, 0.15) is 22.7 Å². The molecule has 0 atom stereocenters. The Labute approximate surface area is 198 Å². The number of nitrogens with one attached hydrogen (secondary N) is 2. The first-order valence-electron chi connectivity index (χ1n) is 10.6. The number of aryl methyl sites for hydroxylation is 1. The first-order valence-corrected chi connectivity index (χ1v) is 12.3. The zero-order chi connectivity index (χ0) is 24.9. The number of halogens is 2. The van der Waals surface area contributed by atoms with Crippen molar-refractivity contribution < 1.29 is 17.2 Å². The van der Waals surface area contributed by atoms with Crippen molar-refractivity contribution in [1.29, 1.82) is 0 Å². The maximum Gasteiger partial charge on any atom is 0.274 e. The van der Waals surface area contributed by atoms with E-state index < -0.39 is 21.7 Å². The molecule has 0 radical (unpaired) electrons. The summed E-state index contributed by atoms with van der Waals surface area (Å²) in [6, 6.07) is 6.48. The Balaban J connectivity index is 1.75. The van der Waals surface area contributed by atoms with Crippen molar-refractivity contribution in [1.82, 2.24) is 24.1 Å². The third-order valence-electron chi connectivity index (χ3n) is 5.66. The summed E-state index contributed by atoms with van der Waals surface area (Å²) in [5, 5.41) is 0.613. The van der Waals surface area contributed by atoms with Gasteiger partial charge in [0.15, 0.2) is 5.65 Å². The molecule has 0 aliphatic carbocycles. The summed E-state index contributed by atoms with van der Waals surface area (Å²) in [5.41, 5.74) is 2.27. The second kappa shape index (κ2) is 8.31. The van der Waals surface area contributed by atoms with Gasteiger partial charge >= 0.3 is 0 Å². The Bertz CT molecular complexity index is 1750. The first kappa shape index (κ1) is 22.7. The van der Waals surface area contributed by atoms with Crippen molar-refractivity contribution in [2.45, 2.75) is 13.5 Å². The molecule has 0 spiro atoms. The lowest BCUT2D eigenvalue weighted by Gasteiger charge is -2.12. The molecule has 0 aliphatic heterocycles. The van der Waals surface area contributed by atoms with Crippen LogP contribution in [0.3, 0.4) is 0 Å². The van der Waals surface area contributed by atoms with Gasteiger partial charge in [0.25, 0.3) is 5.56 Å². The van der Waals surface area contributed by atoms with Crippen LogP contribution in [0.1, 0.15) is 12.5 Å². The lowest BCUT2D eigenvalue weighted by molar-refractivity contribution is 0.578. The SMILES string of the molecule is CCS(=O)(=O)Nc1cc(-c2cn(C)c(=O)c3[nH]ccc23)nc2c1ncn2Cc1cc(F)cc(F)c1. The van der Waals surface area contributed by atoms with Crippen molar-refractivity contribution >= 4 is 37.8 Å². The minimum Gasteiger partial charge on any atom is -0.357 e. The van der Waals surface area contributed by atoms with Crippen molar-refractivity contribution in [3.63, 3.8) is 0 Å². The zero-order valence-electron chi connectivity index (χ0n) is 18.7. The van der Waals surface area contributed by atoms with Gasteiger partial charge in [-0.1, -0.05) is 0 Å². The maximum atomic E-state index is 13.7. The molecule has 0 bridgehead atoms. The summed E-state index contributed by atoms with van der Waals surface area (Å²) in [4.78, 5) is 24.5. The van der Waals surface area contributed by atoms with Gasteiger partial charge in [-0.25, -0.2) is 27.2 Å². The molecular formula is C23H20F2N6O3S. The number of nitrogens with zero attached hydrogens (tertiary/aromatic N) is 4. The summed E-state index contributed by atoms with van der Waals surface area (Å²) >= 11 is 0. The average Bonchev–Trinajstić information content (AvgIpc) is 3.43. The van der Waals surface area contributed by atoms with E-state index in [0.717, 1.165) is 6.07 Å². The van der Waals surface area contributed by atoms with E-state index in [1.54, 1.807) is 36.1 Å². The van der Waals surface area contributed by atoms with Crippen molar-refractivity contribution in [2.75, 3.05) is 10.5 Å². The number of sulfonamides is 1. The molecule has 4 heterocycles. The van der Waals surface area contributed by atoms with Gasteiger partial charge in [-0.15, -0.1) is 0 Å². The van der Waals surface area contributed by atoms with E-state index >= 15 is 0 Å². The Hall–Kier alpha value is -4.06. The number of hydrogen-bond donors (Lipinski definition) is 2. The van der Waals surface area contributed by atoms with E-state index in [-0.39, 0.29) is 29.1 Å². The molecule has 0 amide bonds. The standard InChI is InChI=1S/C23H20F2N6O3S/c1-3-35(33,34)29-19-9-18(17-11-30(2)23(32)20-16(17)4-5-26-20)28-22-21(19)27-12-31(22)10-13-6-14(24)8-15(25)7-13/h4-9,11-12,26H,3,10H2,1-2H3,(H,28,29). The Morgan fingerprint density at radius 2 is 1.89 bits per heavy atom. The van der Waals surface area contributed by atoms with E-state index in [4.69, 9.17) is 4.98 Å². The number of aromatic amines is 1. The van der Waals surface area contributed by atoms with Crippen molar-refractivity contribution in [3.05, 3.63) is 76.6 Å². The molecule has 0 saturated carbocycles. The van der Waals surface area contributed by atoms with Gasteiger partial charge in [0.05, 0.1) is 30.0 Å². The molecule has 0 saturated heterocycles. The number of rotatable bonds is 6. The van der Waals surface area contributed by atoms with Gasteiger partial charge in [-0.3, -0.25) is 9.52 Å². The minimum absolute atomic E-state index is 0.0500. The van der Waals surface area contributed by atoms with Crippen LogP contribution in [-0.4, -0.2) is 38.3 Å². The van der Waals surface area contributed by atoms with Crippen LogP contribution in [0.2, 0.25) is 0 Å². The molecule has 9 nitrogen and oxygen atoms in total. The van der Waals surface area contributed by atoms with Gasteiger partial charge in [0.2, 0.25) is 10.0 Å². The average molecular weight is 499 g/mol. The third-order valence-corrected chi connectivity index (χ3v) is 6.95. The topological polar surface area (TPSA) is 115 Å². The quantitative estimate of drug-likeness (QED) is 0.373. The number of H-pyrrole nitrogens is 1. The highest BCUT2D eigenvalue weighted by atomic mass is 32.2. The molecule has 1 aromatic carbocycles. The zero-order valence-corrected chi connectivity index (χ0v) is 19.5. The minimum atomic E-state index is -3.66. The summed E-state index contributed by atoms with van der Waals surface area (Å²) < 4.78 is 57.8. The van der Waals surface area contributed by atoms with E-state index in [0.29, 0.717) is 33.4 Å². The van der Waals surface area contributed by atoms with Crippen LogP contribution in [-0.2, 0) is 23.6 Å². The molecule has 5 rings (SSSR count). The van der Waals surface area contributed by atoms with Crippen LogP contribution < -0.4 is 10.3 Å². The molecule has 5 aromatic rings. The van der Waals surface area contributed by atoms with Crippen LogP contribution in [0.25, 0.3) is 33.3 Å². The van der Waals surface area contributed by atoms with E-state index in [9.17, 15) is 22.0 Å².